The monoisotopic (exact) mass is 444 g/mol. The van der Waals surface area contributed by atoms with Gasteiger partial charge in [0.1, 0.15) is 10.3 Å². The van der Waals surface area contributed by atoms with Gasteiger partial charge in [0.25, 0.3) is 0 Å². The summed E-state index contributed by atoms with van der Waals surface area (Å²) in [6, 6.07) is 2.29. The molecule has 2 aliphatic rings. The van der Waals surface area contributed by atoms with Crippen molar-refractivity contribution in [3.8, 4) is 11.3 Å². The summed E-state index contributed by atoms with van der Waals surface area (Å²) >= 11 is 3.44. The molecule has 3 aromatic rings. The van der Waals surface area contributed by atoms with E-state index in [4.69, 9.17) is 5.73 Å². The van der Waals surface area contributed by atoms with Gasteiger partial charge in [0.05, 0.1) is 17.9 Å². The molecule has 5 rings (SSSR count). The number of fused-ring (bicyclic) bond motifs is 1. The van der Waals surface area contributed by atoms with Crippen LogP contribution in [0.1, 0.15) is 31.7 Å². The first-order chi connectivity index (χ1) is 13.6. The van der Waals surface area contributed by atoms with Gasteiger partial charge in [0.15, 0.2) is 5.82 Å². The summed E-state index contributed by atoms with van der Waals surface area (Å²) in [7, 11) is 0. The molecule has 1 saturated carbocycles. The lowest BCUT2D eigenvalue weighted by Gasteiger charge is -2.33. The second kappa shape index (κ2) is 7.08. The Hall–Kier alpha value is -2.06. The second-order valence-electron chi connectivity index (χ2n) is 7.87. The van der Waals surface area contributed by atoms with E-state index in [-0.39, 0.29) is 11.6 Å². The van der Waals surface area contributed by atoms with E-state index in [1.165, 1.54) is 19.4 Å². The predicted octanol–water partition coefficient (Wildman–Crippen LogP) is 4.02. The molecular formula is C20H22BrFN6. The number of anilines is 1. The molecule has 0 unspecified atom stereocenters. The first-order valence-electron chi connectivity index (χ1n) is 9.75. The number of nitrogens with zero attached hydrogens (tertiary/aromatic N) is 5. The molecule has 3 aromatic heterocycles. The molecule has 28 heavy (non-hydrogen) atoms. The zero-order valence-electron chi connectivity index (χ0n) is 15.5. The first-order valence-corrected chi connectivity index (χ1v) is 10.5. The third-order valence-corrected chi connectivity index (χ3v) is 6.30. The zero-order valence-corrected chi connectivity index (χ0v) is 17.1. The van der Waals surface area contributed by atoms with Crippen molar-refractivity contribution in [3.63, 3.8) is 0 Å². The smallest absolute Gasteiger partial charge is 0.220 e. The SMILES string of the molecule is Nc1ncc(F)c(-c2cn(C3CCN(CC4CC4)CC3)c3cnc(Br)cc23)n1. The van der Waals surface area contributed by atoms with E-state index in [1.807, 2.05) is 18.5 Å². The number of hydrogen-bond acceptors (Lipinski definition) is 5. The van der Waals surface area contributed by atoms with Crippen LogP contribution in [-0.2, 0) is 0 Å². The molecule has 0 aromatic carbocycles. The molecule has 2 N–H and O–H groups in total. The number of halogens is 2. The van der Waals surface area contributed by atoms with Crippen LogP contribution in [-0.4, -0.2) is 44.1 Å². The van der Waals surface area contributed by atoms with Crippen LogP contribution >= 0.6 is 15.9 Å². The highest BCUT2D eigenvalue weighted by atomic mass is 79.9. The number of likely N-dealkylation sites (tertiary alicyclic amines) is 1. The Morgan fingerprint density at radius 1 is 1.14 bits per heavy atom. The van der Waals surface area contributed by atoms with Crippen LogP contribution < -0.4 is 5.73 Å². The van der Waals surface area contributed by atoms with Crippen molar-refractivity contribution in [2.75, 3.05) is 25.4 Å². The minimum Gasteiger partial charge on any atom is -0.368 e. The van der Waals surface area contributed by atoms with E-state index in [1.54, 1.807) is 0 Å². The van der Waals surface area contributed by atoms with Gasteiger partial charge >= 0.3 is 0 Å². The predicted molar refractivity (Wildman–Crippen MR) is 110 cm³/mol. The highest BCUT2D eigenvalue weighted by molar-refractivity contribution is 9.10. The number of piperidine rings is 1. The fraction of sp³-hybridized carbons (Fsp3) is 0.450. The summed E-state index contributed by atoms with van der Waals surface area (Å²) in [6.45, 7) is 3.45. The largest absolute Gasteiger partial charge is 0.368 e. The molecule has 0 bridgehead atoms. The molecule has 1 aliphatic carbocycles. The van der Waals surface area contributed by atoms with E-state index in [2.05, 4.69) is 40.3 Å². The van der Waals surface area contributed by atoms with Gasteiger partial charge < -0.3 is 15.2 Å². The lowest BCUT2D eigenvalue weighted by atomic mass is 10.0. The van der Waals surface area contributed by atoms with Crippen molar-refractivity contribution in [1.29, 1.82) is 0 Å². The van der Waals surface area contributed by atoms with Crippen molar-refractivity contribution >= 4 is 32.8 Å². The van der Waals surface area contributed by atoms with Crippen molar-refractivity contribution in [2.24, 2.45) is 5.92 Å². The van der Waals surface area contributed by atoms with Crippen molar-refractivity contribution in [3.05, 3.63) is 35.1 Å². The summed E-state index contributed by atoms with van der Waals surface area (Å²) in [5.41, 5.74) is 7.68. The number of nitrogen functional groups attached to an aromatic ring is 1. The molecule has 146 valence electrons. The van der Waals surface area contributed by atoms with Gasteiger partial charge in [-0.05, 0) is 53.6 Å². The van der Waals surface area contributed by atoms with E-state index in [9.17, 15) is 4.39 Å². The highest BCUT2D eigenvalue weighted by Crippen LogP contribution is 2.37. The van der Waals surface area contributed by atoms with E-state index >= 15 is 0 Å². The summed E-state index contributed by atoms with van der Waals surface area (Å²) in [5, 5.41) is 0.916. The van der Waals surface area contributed by atoms with Crippen molar-refractivity contribution in [1.82, 2.24) is 24.4 Å². The van der Waals surface area contributed by atoms with Gasteiger partial charge in [-0.15, -0.1) is 0 Å². The topological polar surface area (TPSA) is 72.9 Å². The van der Waals surface area contributed by atoms with Crippen LogP contribution in [0.4, 0.5) is 10.3 Å². The molecule has 4 heterocycles. The highest BCUT2D eigenvalue weighted by Gasteiger charge is 2.28. The summed E-state index contributed by atoms with van der Waals surface area (Å²) in [5.74, 6) is 0.516. The minimum absolute atomic E-state index is 0.0683. The van der Waals surface area contributed by atoms with E-state index in [0.29, 0.717) is 10.6 Å². The molecule has 0 radical (unpaired) electrons. The fourth-order valence-electron chi connectivity index (χ4n) is 4.23. The normalized spacial score (nSPS) is 18.8. The van der Waals surface area contributed by atoms with Crippen LogP contribution in [0.3, 0.4) is 0 Å². The van der Waals surface area contributed by atoms with Crippen LogP contribution in [0.2, 0.25) is 0 Å². The van der Waals surface area contributed by atoms with E-state index < -0.39 is 5.82 Å². The Bertz CT molecular complexity index is 1020. The average Bonchev–Trinajstić information content (AvgIpc) is 3.43. The molecule has 0 amide bonds. The van der Waals surface area contributed by atoms with Crippen molar-refractivity contribution < 1.29 is 4.39 Å². The maximum atomic E-state index is 14.5. The summed E-state index contributed by atoms with van der Waals surface area (Å²) in [4.78, 5) is 14.9. The third-order valence-electron chi connectivity index (χ3n) is 5.87. The van der Waals surface area contributed by atoms with Gasteiger partial charge in [-0.3, -0.25) is 0 Å². The lowest BCUT2D eigenvalue weighted by Crippen LogP contribution is -2.35. The Balaban J connectivity index is 1.52. The van der Waals surface area contributed by atoms with Gasteiger partial charge in [0, 0.05) is 42.8 Å². The molecule has 0 spiro atoms. The Labute approximate surface area is 171 Å². The van der Waals surface area contributed by atoms with Gasteiger partial charge in [-0.2, -0.15) is 0 Å². The number of hydrogen-bond donors (Lipinski definition) is 1. The number of rotatable bonds is 4. The third kappa shape index (κ3) is 3.39. The molecule has 1 saturated heterocycles. The average molecular weight is 445 g/mol. The van der Waals surface area contributed by atoms with Crippen LogP contribution in [0.25, 0.3) is 22.2 Å². The number of aromatic nitrogens is 4. The standard InChI is InChI=1S/C20H22BrFN6/c21-18-7-14-15(19-16(22)8-25-20(23)26-19)11-28(17(14)9-24-18)13-3-5-27(6-4-13)10-12-1-2-12/h7-9,11-13H,1-6,10H2,(H2,23,25,26). The van der Waals surface area contributed by atoms with Gasteiger partial charge in [0.2, 0.25) is 5.95 Å². The summed E-state index contributed by atoms with van der Waals surface area (Å²) in [6.07, 6.45) is 9.93. The Morgan fingerprint density at radius 2 is 1.93 bits per heavy atom. The van der Waals surface area contributed by atoms with Crippen LogP contribution in [0.15, 0.2) is 29.3 Å². The number of pyridine rings is 1. The maximum Gasteiger partial charge on any atom is 0.220 e. The Morgan fingerprint density at radius 3 is 2.68 bits per heavy atom. The van der Waals surface area contributed by atoms with Crippen LogP contribution in [0, 0.1) is 11.7 Å². The van der Waals surface area contributed by atoms with Crippen molar-refractivity contribution in [2.45, 2.75) is 31.7 Å². The first kappa shape index (κ1) is 18.0. The zero-order chi connectivity index (χ0) is 19.3. The van der Waals surface area contributed by atoms with Gasteiger partial charge in [-0.1, -0.05) is 0 Å². The minimum atomic E-state index is -0.472. The van der Waals surface area contributed by atoms with E-state index in [0.717, 1.165) is 54.5 Å². The number of nitrogens with two attached hydrogens (primary N) is 1. The molecule has 0 atom stereocenters. The summed E-state index contributed by atoms with van der Waals surface area (Å²) < 4.78 is 17.4. The molecule has 2 fully saturated rings. The maximum absolute atomic E-state index is 14.5. The molecule has 6 nitrogen and oxygen atoms in total. The van der Waals surface area contributed by atoms with Gasteiger partial charge in [-0.25, -0.2) is 19.3 Å². The fourth-order valence-corrected chi connectivity index (χ4v) is 4.56. The lowest BCUT2D eigenvalue weighted by molar-refractivity contribution is 0.182. The quantitative estimate of drug-likeness (QED) is 0.615. The Kier molecular flexibility index (Phi) is 4.55. The second-order valence-corrected chi connectivity index (χ2v) is 8.69. The molecule has 8 heteroatoms. The molecule has 1 aliphatic heterocycles. The molecular weight excluding hydrogens is 423 g/mol. The van der Waals surface area contributed by atoms with Crippen LogP contribution in [0.5, 0.6) is 0 Å².